The van der Waals surface area contributed by atoms with Gasteiger partial charge in [-0.25, -0.2) is 4.79 Å². The maximum atomic E-state index is 12.3. The molecule has 2 rings (SSSR count). The van der Waals surface area contributed by atoms with E-state index in [0.29, 0.717) is 35.8 Å². The van der Waals surface area contributed by atoms with E-state index >= 15 is 0 Å². The van der Waals surface area contributed by atoms with Crippen molar-refractivity contribution in [3.63, 3.8) is 0 Å². The first-order chi connectivity index (χ1) is 11.5. The van der Waals surface area contributed by atoms with Crippen molar-refractivity contribution >= 4 is 33.5 Å². The van der Waals surface area contributed by atoms with E-state index in [0.717, 1.165) is 4.47 Å². The molecule has 126 valence electrons. The molecule has 0 aromatic heterocycles. The lowest BCUT2D eigenvalue weighted by Gasteiger charge is -2.09. The van der Waals surface area contributed by atoms with Crippen molar-refractivity contribution < 1.29 is 19.1 Å². The highest BCUT2D eigenvalue weighted by molar-refractivity contribution is 9.10. The second-order valence-electron chi connectivity index (χ2n) is 4.83. The summed E-state index contributed by atoms with van der Waals surface area (Å²) >= 11 is 3.39. The minimum Gasteiger partial charge on any atom is -0.493 e. The number of hydrogen-bond donors (Lipinski definition) is 1. The summed E-state index contributed by atoms with van der Waals surface area (Å²) in [6.45, 7) is 4.52. The maximum absolute atomic E-state index is 12.3. The zero-order valence-corrected chi connectivity index (χ0v) is 15.1. The Hall–Kier alpha value is -2.34. The van der Waals surface area contributed by atoms with Gasteiger partial charge in [0.05, 0.1) is 23.2 Å². The second kappa shape index (κ2) is 8.49. The van der Waals surface area contributed by atoms with Crippen LogP contribution in [-0.4, -0.2) is 25.1 Å². The fourth-order valence-electron chi connectivity index (χ4n) is 2.02. The predicted octanol–water partition coefficient (Wildman–Crippen LogP) is 4.28. The predicted molar refractivity (Wildman–Crippen MR) is 95.7 cm³/mol. The number of halogens is 1. The van der Waals surface area contributed by atoms with E-state index in [1.54, 1.807) is 49.4 Å². The van der Waals surface area contributed by atoms with Crippen molar-refractivity contribution in [2.75, 3.05) is 18.5 Å². The molecule has 0 unspecified atom stereocenters. The lowest BCUT2D eigenvalue weighted by molar-refractivity contribution is 0.0526. The molecule has 2 aromatic carbocycles. The third-order valence-electron chi connectivity index (χ3n) is 3.15. The number of amides is 1. The van der Waals surface area contributed by atoms with E-state index < -0.39 is 0 Å². The Kier molecular flexibility index (Phi) is 6.37. The third kappa shape index (κ3) is 4.58. The molecule has 1 amide bonds. The summed E-state index contributed by atoms with van der Waals surface area (Å²) < 4.78 is 11.1. The van der Waals surface area contributed by atoms with E-state index in [9.17, 15) is 9.59 Å². The Balaban J connectivity index is 2.06. The zero-order chi connectivity index (χ0) is 17.5. The van der Waals surface area contributed by atoms with Gasteiger partial charge in [0.2, 0.25) is 0 Å². The van der Waals surface area contributed by atoms with Crippen LogP contribution in [-0.2, 0) is 4.74 Å². The number of anilines is 1. The standard InChI is InChI=1S/C18H18BrNO4/c1-3-23-16-10-7-13(11-15(16)19)17(21)20-14-8-5-12(6-9-14)18(22)24-4-2/h5-11H,3-4H2,1-2H3,(H,20,21). The van der Waals surface area contributed by atoms with Gasteiger partial charge in [0.15, 0.2) is 0 Å². The van der Waals surface area contributed by atoms with E-state index in [4.69, 9.17) is 9.47 Å². The monoisotopic (exact) mass is 391 g/mol. The van der Waals surface area contributed by atoms with Crippen LogP contribution in [0.4, 0.5) is 5.69 Å². The molecule has 0 atom stereocenters. The van der Waals surface area contributed by atoms with Crippen LogP contribution in [0, 0.1) is 0 Å². The summed E-state index contributed by atoms with van der Waals surface area (Å²) in [5.74, 6) is 0.0568. The van der Waals surface area contributed by atoms with Gasteiger partial charge in [0.25, 0.3) is 5.91 Å². The SMILES string of the molecule is CCOC(=O)c1ccc(NC(=O)c2ccc(OCC)c(Br)c2)cc1. The molecule has 6 heteroatoms. The molecular formula is C18H18BrNO4. The number of esters is 1. The van der Waals surface area contributed by atoms with Gasteiger partial charge >= 0.3 is 5.97 Å². The number of ether oxygens (including phenoxy) is 2. The van der Waals surface area contributed by atoms with Crippen molar-refractivity contribution in [2.24, 2.45) is 0 Å². The number of nitrogens with one attached hydrogen (secondary N) is 1. The Morgan fingerprint density at radius 1 is 1.00 bits per heavy atom. The van der Waals surface area contributed by atoms with Gasteiger partial charge in [-0.1, -0.05) is 0 Å². The Morgan fingerprint density at radius 3 is 2.25 bits per heavy atom. The van der Waals surface area contributed by atoms with Crippen LogP contribution in [0.3, 0.4) is 0 Å². The molecular weight excluding hydrogens is 374 g/mol. The maximum Gasteiger partial charge on any atom is 0.338 e. The van der Waals surface area contributed by atoms with E-state index in [1.165, 1.54) is 0 Å². The topological polar surface area (TPSA) is 64.6 Å². The fraction of sp³-hybridized carbons (Fsp3) is 0.222. The van der Waals surface area contributed by atoms with E-state index in [1.807, 2.05) is 6.92 Å². The summed E-state index contributed by atoms with van der Waals surface area (Å²) in [5, 5.41) is 2.78. The summed E-state index contributed by atoms with van der Waals surface area (Å²) in [7, 11) is 0. The molecule has 5 nitrogen and oxygen atoms in total. The average molecular weight is 392 g/mol. The van der Waals surface area contributed by atoms with Crippen molar-refractivity contribution in [3.8, 4) is 5.75 Å². The van der Waals surface area contributed by atoms with Crippen molar-refractivity contribution in [2.45, 2.75) is 13.8 Å². The summed E-state index contributed by atoms with van der Waals surface area (Å²) in [4.78, 5) is 23.9. The molecule has 24 heavy (non-hydrogen) atoms. The highest BCUT2D eigenvalue weighted by Gasteiger charge is 2.11. The molecule has 0 saturated carbocycles. The quantitative estimate of drug-likeness (QED) is 0.746. The van der Waals surface area contributed by atoms with Crippen molar-refractivity contribution in [1.82, 2.24) is 0 Å². The fourth-order valence-corrected chi connectivity index (χ4v) is 2.52. The van der Waals surface area contributed by atoms with E-state index in [2.05, 4.69) is 21.2 Å². The number of carbonyl (C=O) groups is 2. The summed E-state index contributed by atoms with van der Waals surface area (Å²) in [6.07, 6.45) is 0. The van der Waals surface area contributed by atoms with Crippen molar-refractivity contribution in [1.29, 1.82) is 0 Å². The Morgan fingerprint density at radius 2 is 1.67 bits per heavy atom. The largest absolute Gasteiger partial charge is 0.493 e. The average Bonchev–Trinajstić information content (AvgIpc) is 2.57. The van der Waals surface area contributed by atoms with Crippen LogP contribution in [0.25, 0.3) is 0 Å². The van der Waals surface area contributed by atoms with Gasteiger partial charge < -0.3 is 14.8 Å². The van der Waals surface area contributed by atoms with E-state index in [-0.39, 0.29) is 11.9 Å². The molecule has 0 aliphatic heterocycles. The molecule has 0 saturated heterocycles. The number of rotatable bonds is 6. The molecule has 0 heterocycles. The highest BCUT2D eigenvalue weighted by Crippen LogP contribution is 2.26. The first-order valence-corrected chi connectivity index (χ1v) is 8.35. The lowest BCUT2D eigenvalue weighted by atomic mass is 10.1. The molecule has 0 bridgehead atoms. The number of carbonyl (C=O) groups excluding carboxylic acids is 2. The molecule has 0 fully saturated rings. The van der Waals surface area contributed by atoms with Crippen LogP contribution < -0.4 is 10.1 Å². The second-order valence-corrected chi connectivity index (χ2v) is 5.68. The molecule has 0 spiro atoms. The van der Waals surface area contributed by atoms with Gasteiger partial charge in [0.1, 0.15) is 5.75 Å². The van der Waals surface area contributed by atoms with Gasteiger partial charge in [-0.05, 0) is 72.2 Å². The minimum atomic E-state index is -0.383. The molecule has 0 aliphatic rings. The first kappa shape index (κ1) is 18.0. The van der Waals surface area contributed by atoms with Gasteiger partial charge in [-0.2, -0.15) is 0 Å². The van der Waals surface area contributed by atoms with Crippen LogP contribution in [0.15, 0.2) is 46.9 Å². The smallest absolute Gasteiger partial charge is 0.338 e. The van der Waals surface area contributed by atoms with Gasteiger partial charge in [-0.3, -0.25) is 4.79 Å². The minimum absolute atomic E-state index is 0.248. The number of benzene rings is 2. The van der Waals surface area contributed by atoms with Crippen LogP contribution in [0.2, 0.25) is 0 Å². The third-order valence-corrected chi connectivity index (χ3v) is 3.77. The number of hydrogen-bond acceptors (Lipinski definition) is 4. The van der Waals surface area contributed by atoms with Crippen LogP contribution in [0.5, 0.6) is 5.75 Å². The zero-order valence-electron chi connectivity index (χ0n) is 13.5. The first-order valence-electron chi connectivity index (χ1n) is 7.56. The Labute approximate surface area is 149 Å². The molecule has 1 N–H and O–H groups in total. The molecule has 0 radical (unpaired) electrons. The summed E-state index contributed by atoms with van der Waals surface area (Å²) in [5.41, 5.74) is 1.54. The van der Waals surface area contributed by atoms with Crippen LogP contribution >= 0.6 is 15.9 Å². The molecule has 0 aliphatic carbocycles. The lowest BCUT2D eigenvalue weighted by Crippen LogP contribution is -2.12. The van der Waals surface area contributed by atoms with Gasteiger partial charge in [-0.15, -0.1) is 0 Å². The molecule has 2 aromatic rings. The van der Waals surface area contributed by atoms with Gasteiger partial charge in [0, 0.05) is 11.3 Å². The Bertz CT molecular complexity index is 728. The highest BCUT2D eigenvalue weighted by atomic mass is 79.9. The van der Waals surface area contributed by atoms with Crippen molar-refractivity contribution in [3.05, 3.63) is 58.1 Å². The normalized spacial score (nSPS) is 10.1. The summed E-state index contributed by atoms with van der Waals surface area (Å²) in [6, 6.07) is 11.7. The van der Waals surface area contributed by atoms with Crippen LogP contribution in [0.1, 0.15) is 34.6 Å².